The van der Waals surface area contributed by atoms with Crippen molar-refractivity contribution in [1.82, 2.24) is 0 Å². The van der Waals surface area contributed by atoms with E-state index in [9.17, 15) is 0 Å². The first-order valence-electron chi connectivity index (χ1n) is 14.8. The fraction of sp³-hybridized carbons (Fsp3) is 0.500. The second-order valence-electron chi connectivity index (χ2n) is 13.0. The first-order valence-corrected chi connectivity index (χ1v) is 20.6. The molecule has 0 aliphatic rings. The van der Waals surface area contributed by atoms with Crippen LogP contribution in [0, 0.1) is 0 Å². The quantitative estimate of drug-likeness (QED) is 0.207. The van der Waals surface area contributed by atoms with Crippen molar-refractivity contribution in [2.75, 3.05) is 0 Å². The van der Waals surface area contributed by atoms with Gasteiger partial charge in [-0.15, -0.1) is 0 Å². The number of hydrogen-bond donors (Lipinski definition) is 0. The normalized spacial score (nSPS) is 12.4. The van der Waals surface area contributed by atoms with Gasteiger partial charge in [0.1, 0.15) is 0 Å². The zero-order valence-corrected chi connectivity index (χ0v) is 29.6. The van der Waals surface area contributed by atoms with Crippen LogP contribution in [0.3, 0.4) is 0 Å². The maximum absolute atomic E-state index is 7.12. The summed E-state index contributed by atoms with van der Waals surface area (Å²) >= 11 is -2.36. The van der Waals surface area contributed by atoms with Crippen LogP contribution in [0.15, 0.2) is 42.5 Å². The van der Waals surface area contributed by atoms with Gasteiger partial charge in [-0.25, -0.2) is 0 Å². The standard InChI is InChI=1S/C36H49AsCl2/c1-20(2)26-16-30(22(5)6)34(31(17-26)23(7)8)28-14-13-15-29(36(28)37(38)39)35-32(24(9)10)18-27(21(3)4)19-33(35)25(11)12/h13-25H,1-12H3. The molecular weight excluding hydrogens is 578 g/mol. The van der Waals surface area contributed by atoms with E-state index in [1.165, 1.54) is 60.0 Å². The third-order valence-corrected chi connectivity index (χ3v) is 11.5. The summed E-state index contributed by atoms with van der Waals surface area (Å²) in [7, 11) is 14.2. The summed E-state index contributed by atoms with van der Waals surface area (Å²) < 4.78 is 1.18. The monoisotopic (exact) mass is 626 g/mol. The van der Waals surface area contributed by atoms with Gasteiger partial charge in [-0.3, -0.25) is 0 Å². The number of benzene rings is 3. The molecule has 0 atom stereocenters. The number of halogens is 2. The van der Waals surface area contributed by atoms with Crippen LogP contribution in [-0.2, 0) is 0 Å². The van der Waals surface area contributed by atoms with Crippen LogP contribution in [0.1, 0.15) is 152 Å². The zero-order chi connectivity index (χ0) is 29.3. The molecule has 0 radical (unpaired) electrons. The molecule has 39 heavy (non-hydrogen) atoms. The van der Waals surface area contributed by atoms with Gasteiger partial charge in [0.2, 0.25) is 0 Å². The van der Waals surface area contributed by atoms with Gasteiger partial charge >= 0.3 is 254 Å². The SMILES string of the molecule is CC(C)c1cc(C(C)C)c(-c2cccc(-c3c(C(C)C)cc(C(C)C)cc3C(C)C)c2[As](Cl)Cl)c(C(C)C)c1. The summed E-state index contributed by atoms with van der Waals surface area (Å²) in [5, 5.41) is 0. The van der Waals surface area contributed by atoms with Gasteiger partial charge in [0.05, 0.1) is 0 Å². The molecule has 0 aromatic heterocycles. The van der Waals surface area contributed by atoms with E-state index in [2.05, 4.69) is 126 Å². The summed E-state index contributed by atoms with van der Waals surface area (Å²) in [6, 6.07) is 16.5. The number of hydrogen-bond acceptors (Lipinski definition) is 0. The van der Waals surface area contributed by atoms with E-state index >= 15 is 0 Å². The number of rotatable bonds is 9. The van der Waals surface area contributed by atoms with Crippen molar-refractivity contribution in [2.24, 2.45) is 0 Å². The van der Waals surface area contributed by atoms with Crippen LogP contribution in [0.25, 0.3) is 22.3 Å². The van der Waals surface area contributed by atoms with E-state index in [4.69, 9.17) is 19.9 Å². The van der Waals surface area contributed by atoms with E-state index in [1.54, 1.807) is 0 Å². The molecule has 0 nitrogen and oxygen atoms in total. The Bertz CT molecular complexity index is 1140. The molecule has 0 N–H and O–H groups in total. The van der Waals surface area contributed by atoms with Gasteiger partial charge in [0.15, 0.2) is 0 Å². The second kappa shape index (κ2) is 13.2. The predicted molar refractivity (Wildman–Crippen MR) is 179 cm³/mol. The average Bonchev–Trinajstić information content (AvgIpc) is 2.86. The summed E-state index contributed by atoms with van der Waals surface area (Å²) in [5.41, 5.74) is 13.6. The topological polar surface area (TPSA) is 0 Å². The van der Waals surface area contributed by atoms with Gasteiger partial charge in [0.25, 0.3) is 0 Å². The van der Waals surface area contributed by atoms with Gasteiger partial charge < -0.3 is 0 Å². The first kappa shape index (κ1) is 32.3. The van der Waals surface area contributed by atoms with Crippen LogP contribution >= 0.6 is 19.9 Å². The zero-order valence-electron chi connectivity index (χ0n) is 26.2. The fourth-order valence-corrected chi connectivity index (χ4v) is 9.10. The molecule has 0 heterocycles. The van der Waals surface area contributed by atoms with E-state index < -0.39 is 12.8 Å². The molecule has 0 aliphatic carbocycles. The summed E-state index contributed by atoms with van der Waals surface area (Å²) in [4.78, 5) is 0. The second-order valence-corrected chi connectivity index (χ2v) is 19.3. The minimum atomic E-state index is -2.36. The third kappa shape index (κ3) is 6.83. The molecule has 3 heteroatoms. The summed E-state index contributed by atoms with van der Waals surface area (Å²) in [6.45, 7) is 27.6. The van der Waals surface area contributed by atoms with E-state index in [-0.39, 0.29) is 0 Å². The van der Waals surface area contributed by atoms with Crippen LogP contribution in [0.4, 0.5) is 0 Å². The Balaban J connectivity index is 2.54. The minimum absolute atomic E-state index is 0.391. The average molecular weight is 628 g/mol. The van der Waals surface area contributed by atoms with Crippen LogP contribution in [0.2, 0.25) is 0 Å². The molecule has 212 valence electrons. The molecule has 0 saturated carbocycles. The van der Waals surface area contributed by atoms with Crippen molar-refractivity contribution >= 4 is 37.0 Å². The van der Waals surface area contributed by atoms with Crippen molar-refractivity contribution in [2.45, 2.75) is 119 Å². The Morgan fingerprint density at radius 2 is 0.744 bits per heavy atom. The van der Waals surface area contributed by atoms with Gasteiger partial charge in [-0.1, -0.05) is 0 Å². The van der Waals surface area contributed by atoms with E-state index in [1.807, 2.05) is 0 Å². The van der Waals surface area contributed by atoms with Crippen molar-refractivity contribution in [3.63, 3.8) is 0 Å². The molecule has 0 bridgehead atoms. The predicted octanol–water partition coefficient (Wildman–Crippen LogP) is 11.9. The van der Waals surface area contributed by atoms with Crippen LogP contribution in [-0.4, -0.2) is 12.8 Å². The molecule has 0 spiro atoms. The first-order chi connectivity index (χ1) is 18.2. The van der Waals surface area contributed by atoms with Gasteiger partial charge in [0, 0.05) is 0 Å². The molecular formula is C36H49AsCl2. The van der Waals surface area contributed by atoms with Gasteiger partial charge in [-0.2, -0.15) is 0 Å². The Morgan fingerprint density at radius 1 is 0.462 bits per heavy atom. The molecule has 0 fully saturated rings. The third-order valence-electron chi connectivity index (χ3n) is 8.01. The molecule has 0 saturated heterocycles. The Morgan fingerprint density at radius 3 is 0.949 bits per heavy atom. The molecule has 0 unspecified atom stereocenters. The molecule has 3 rings (SSSR count). The van der Waals surface area contributed by atoms with Crippen molar-refractivity contribution in [3.05, 3.63) is 75.8 Å². The molecule has 3 aromatic carbocycles. The van der Waals surface area contributed by atoms with Crippen molar-refractivity contribution in [1.29, 1.82) is 0 Å². The van der Waals surface area contributed by atoms with Crippen LogP contribution < -0.4 is 4.35 Å². The maximum atomic E-state index is 7.12. The Labute approximate surface area is 252 Å². The van der Waals surface area contributed by atoms with Crippen molar-refractivity contribution in [3.8, 4) is 22.3 Å². The molecule has 3 aromatic rings. The molecule has 0 aliphatic heterocycles. The summed E-state index contributed by atoms with van der Waals surface area (Å²) in [5.74, 6) is 2.52. The Kier molecular flexibility index (Phi) is 10.9. The summed E-state index contributed by atoms with van der Waals surface area (Å²) in [6.07, 6.45) is 0. The van der Waals surface area contributed by atoms with Crippen LogP contribution in [0.5, 0.6) is 0 Å². The van der Waals surface area contributed by atoms with Gasteiger partial charge in [-0.05, 0) is 0 Å². The van der Waals surface area contributed by atoms with E-state index in [0.717, 1.165) is 0 Å². The fourth-order valence-electron chi connectivity index (χ4n) is 5.66. The van der Waals surface area contributed by atoms with E-state index in [0.29, 0.717) is 35.5 Å². The molecule has 0 amide bonds. The Hall–Kier alpha value is -1.20. The van der Waals surface area contributed by atoms with Crippen molar-refractivity contribution < 1.29 is 0 Å².